The van der Waals surface area contributed by atoms with Crippen molar-refractivity contribution in [3.63, 3.8) is 0 Å². The van der Waals surface area contributed by atoms with E-state index in [0.29, 0.717) is 30.2 Å². The third-order valence-electron chi connectivity index (χ3n) is 3.41. The van der Waals surface area contributed by atoms with Gasteiger partial charge in [0.05, 0.1) is 21.3 Å². The Labute approximate surface area is 119 Å². The number of ether oxygens (including phenoxy) is 3. The maximum atomic E-state index is 11.6. The number of rotatable bonds is 7. The van der Waals surface area contributed by atoms with E-state index in [1.807, 2.05) is 6.07 Å². The molecule has 0 saturated heterocycles. The Morgan fingerprint density at radius 2 is 1.95 bits per heavy atom. The summed E-state index contributed by atoms with van der Waals surface area (Å²) in [5, 5.41) is 2.94. The van der Waals surface area contributed by atoms with Crippen LogP contribution in [-0.4, -0.2) is 33.8 Å². The Morgan fingerprint density at radius 1 is 1.20 bits per heavy atom. The van der Waals surface area contributed by atoms with Gasteiger partial charge in [0.1, 0.15) is 5.75 Å². The van der Waals surface area contributed by atoms with Crippen LogP contribution in [0.5, 0.6) is 17.2 Å². The van der Waals surface area contributed by atoms with Gasteiger partial charge in [0, 0.05) is 24.1 Å². The van der Waals surface area contributed by atoms with E-state index < -0.39 is 0 Å². The van der Waals surface area contributed by atoms with Crippen LogP contribution in [0.2, 0.25) is 0 Å². The van der Waals surface area contributed by atoms with Crippen LogP contribution in [0.1, 0.15) is 18.4 Å². The van der Waals surface area contributed by atoms with Crippen LogP contribution in [-0.2, 0) is 11.2 Å². The van der Waals surface area contributed by atoms with Crippen LogP contribution in [0.15, 0.2) is 12.1 Å². The zero-order chi connectivity index (χ0) is 14.5. The molecule has 110 valence electrons. The average molecular weight is 279 g/mol. The first-order chi connectivity index (χ1) is 9.69. The Kier molecular flexibility index (Phi) is 4.71. The van der Waals surface area contributed by atoms with Crippen LogP contribution in [0.25, 0.3) is 0 Å². The van der Waals surface area contributed by atoms with Crippen LogP contribution in [0, 0.1) is 5.92 Å². The van der Waals surface area contributed by atoms with Crippen LogP contribution in [0.4, 0.5) is 0 Å². The van der Waals surface area contributed by atoms with Crippen LogP contribution >= 0.6 is 0 Å². The quantitative estimate of drug-likeness (QED) is 0.826. The maximum Gasteiger partial charge on any atom is 0.223 e. The highest BCUT2D eigenvalue weighted by atomic mass is 16.5. The molecule has 0 heterocycles. The number of nitrogens with one attached hydrogen (secondary N) is 1. The third-order valence-corrected chi connectivity index (χ3v) is 3.41. The summed E-state index contributed by atoms with van der Waals surface area (Å²) in [5.41, 5.74) is 0.958. The highest BCUT2D eigenvalue weighted by Gasteiger charge is 2.29. The summed E-state index contributed by atoms with van der Waals surface area (Å²) in [7, 11) is 4.81. The van der Waals surface area contributed by atoms with Crippen molar-refractivity contribution < 1.29 is 19.0 Å². The molecule has 1 amide bonds. The van der Waals surface area contributed by atoms with Crippen molar-refractivity contribution in [1.29, 1.82) is 0 Å². The summed E-state index contributed by atoms with van der Waals surface area (Å²) >= 11 is 0. The van der Waals surface area contributed by atoms with E-state index in [9.17, 15) is 4.79 Å². The Hall–Kier alpha value is -1.91. The van der Waals surface area contributed by atoms with Crippen molar-refractivity contribution in [3.8, 4) is 17.2 Å². The van der Waals surface area contributed by atoms with Crippen molar-refractivity contribution in [3.05, 3.63) is 17.7 Å². The Bertz CT molecular complexity index is 483. The molecule has 1 aliphatic rings. The van der Waals surface area contributed by atoms with E-state index >= 15 is 0 Å². The van der Waals surface area contributed by atoms with E-state index in [4.69, 9.17) is 14.2 Å². The van der Waals surface area contributed by atoms with Gasteiger partial charge >= 0.3 is 0 Å². The standard InChI is InChI=1S/C15H21NO4/c1-18-12-8-11(14(20-3)13(9-12)19-2)6-7-16-15(17)10-4-5-10/h8-10H,4-7H2,1-3H3,(H,16,17). The Morgan fingerprint density at radius 3 is 2.50 bits per heavy atom. The fourth-order valence-corrected chi connectivity index (χ4v) is 2.13. The van der Waals surface area contributed by atoms with Crippen molar-refractivity contribution in [1.82, 2.24) is 5.32 Å². The lowest BCUT2D eigenvalue weighted by Crippen LogP contribution is -2.27. The second-order valence-electron chi connectivity index (χ2n) is 4.84. The summed E-state index contributed by atoms with van der Waals surface area (Å²) in [4.78, 5) is 11.6. The molecule has 5 nitrogen and oxygen atoms in total. The molecule has 1 fully saturated rings. The molecule has 1 aromatic carbocycles. The lowest BCUT2D eigenvalue weighted by Gasteiger charge is -2.15. The summed E-state index contributed by atoms with van der Waals surface area (Å²) in [6.07, 6.45) is 2.71. The zero-order valence-corrected chi connectivity index (χ0v) is 12.2. The van der Waals surface area contributed by atoms with E-state index in [1.54, 1.807) is 27.4 Å². The monoisotopic (exact) mass is 279 g/mol. The first-order valence-electron chi connectivity index (χ1n) is 6.76. The van der Waals surface area contributed by atoms with Gasteiger partial charge in [-0.15, -0.1) is 0 Å². The maximum absolute atomic E-state index is 11.6. The highest BCUT2D eigenvalue weighted by Crippen LogP contribution is 2.35. The molecule has 0 aromatic heterocycles. The molecule has 2 rings (SSSR count). The fraction of sp³-hybridized carbons (Fsp3) is 0.533. The number of carbonyl (C=O) groups excluding carboxylic acids is 1. The number of hydrogen-bond acceptors (Lipinski definition) is 4. The molecule has 0 radical (unpaired) electrons. The predicted molar refractivity (Wildman–Crippen MR) is 75.5 cm³/mol. The molecule has 0 bridgehead atoms. The Balaban J connectivity index is 2.05. The zero-order valence-electron chi connectivity index (χ0n) is 12.2. The minimum atomic E-state index is 0.152. The van der Waals surface area contributed by atoms with E-state index in [2.05, 4.69) is 5.32 Å². The minimum absolute atomic E-state index is 0.152. The highest BCUT2D eigenvalue weighted by molar-refractivity contribution is 5.80. The first-order valence-corrected chi connectivity index (χ1v) is 6.76. The molecule has 1 aromatic rings. The number of methoxy groups -OCH3 is 3. The third kappa shape index (κ3) is 3.35. The van der Waals surface area contributed by atoms with Gasteiger partial charge in [0.15, 0.2) is 11.5 Å². The van der Waals surface area contributed by atoms with Gasteiger partial charge in [0.2, 0.25) is 5.91 Å². The normalized spacial score (nSPS) is 13.8. The topological polar surface area (TPSA) is 56.8 Å². The molecule has 0 atom stereocenters. The summed E-state index contributed by atoms with van der Waals surface area (Å²) < 4.78 is 15.9. The molecule has 1 aliphatic carbocycles. The molecule has 20 heavy (non-hydrogen) atoms. The predicted octanol–water partition coefficient (Wildman–Crippen LogP) is 1.78. The number of benzene rings is 1. The summed E-state index contributed by atoms with van der Waals surface area (Å²) in [6.45, 7) is 0.585. The molecule has 0 spiro atoms. The van der Waals surface area contributed by atoms with Gasteiger partial charge in [-0.3, -0.25) is 4.79 Å². The SMILES string of the molecule is COc1cc(CCNC(=O)C2CC2)c(OC)c(OC)c1. The largest absolute Gasteiger partial charge is 0.497 e. The van der Waals surface area contributed by atoms with Gasteiger partial charge in [-0.25, -0.2) is 0 Å². The molecule has 0 unspecified atom stereocenters. The van der Waals surface area contributed by atoms with Crippen molar-refractivity contribution in [2.45, 2.75) is 19.3 Å². The van der Waals surface area contributed by atoms with Crippen LogP contribution in [0.3, 0.4) is 0 Å². The van der Waals surface area contributed by atoms with Gasteiger partial charge in [-0.1, -0.05) is 0 Å². The lowest BCUT2D eigenvalue weighted by atomic mass is 10.1. The lowest BCUT2D eigenvalue weighted by molar-refractivity contribution is -0.122. The van der Waals surface area contributed by atoms with Crippen molar-refractivity contribution in [2.24, 2.45) is 5.92 Å². The minimum Gasteiger partial charge on any atom is -0.497 e. The van der Waals surface area contributed by atoms with Gasteiger partial charge in [-0.05, 0) is 25.3 Å². The molecule has 1 saturated carbocycles. The van der Waals surface area contributed by atoms with Crippen LogP contribution < -0.4 is 19.5 Å². The van der Waals surface area contributed by atoms with E-state index in [-0.39, 0.29) is 11.8 Å². The molecule has 0 aliphatic heterocycles. The molecule has 5 heteroatoms. The molecule has 1 N–H and O–H groups in total. The smallest absolute Gasteiger partial charge is 0.223 e. The van der Waals surface area contributed by atoms with Gasteiger partial charge < -0.3 is 19.5 Å². The second kappa shape index (κ2) is 6.50. The van der Waals surface area contributed by atoms with Crippen molar-refractivity contribution >= 4 is 5.91 Å². The summed E-state index contributed by atoms with van der Waals surface area (Å²) in [5.74, 6) is 2.42. The molecular formula is C15H21NO4. The van der Waals surface area contributed by atoms with Gasteiger partial charge in [-0.2, -0.15) is 0 Å². The number of hydrogen-bond donors (Lipinski definition) is 1. The average Bonchev–Trinajstić information content (AvgIpc) is 3.30. The number of carbonyl (C=O) groups is 1. The van der Waals surface area contributed by atoms with Crippen molar-refractivity contribution in [2.75, 3.05) is 27.9 Å². The van der Waals surface area contributed by atoms with Gasteiger partial charge in [0.25, 0.3) is 0 Å². The number of amides is 1. The van der Waals surface area contributed by atoms with E-state index in [0.717, 1.165) is 18.4 Å². The van der Waals surface area contributed by atoms with E-state index in [1.165, 1.54) is 0 Å². The summed E-state index contributed by atoms with van der Waals surface area (Å²) in [6, 6.07) is 3.69. The molecular weight excluding hydrogens is 258 g/mol. The first kappa shape index (κ1) is 14.5. The fourth-order valence-electron chi connectivity index (χ4n) is 2.13. The second-order valence-corrected chi connectivity index (χ2v) is 4.84.